The van der Waals surface area contributed by atoms with Gasteiger partial charge in [0.15, 0.2) is 11.6 Å². The maximum Gasteiger partial charge on any atom is 0.418 e. The lowest BCUT2D eigenvalue weighted by atomic mass is 10.1. The Hall–Kier alpha value is -7.36. The molecule has 20 nitrogen and oxygen atoms in total. The quantitative estimate of drug-likeness (QED) is 0.0956. The van der Waals surface area contributed by atoms with Crippen molar-refractivity contribution in [3.05, 3.63) is 76.4 Å². The maximum atomic E-state index is 15.4. The van der Waals surface area contributed by atoms with Crippen LogP contribution in [0.25, 0.3) is 22.1 Å². The van der Waals surface area contributed by atoms with Crippen LogP contribution in [0.5, 0.6) is 0 Å². The van der Waals surface area contributed by atoms with Gasteiger partial charge in [-0.1, -0.05) is 25.7 Å². The number of anilines is 5. The molecule has 0 radical (unpaired) electrons. The lowest BCUT2D eigenvalue weighted by molar-refractivity contribution is -0.138. The average Bonchev–Trinajstić information content (AvgIpc) is 4.22. The zero-order chi connectivity index (χ0) is 59.6. The molecule has 6 aromatic rings. The molecule has 0 aromatic carbocycles. The van der Waals surface area contributed by atoms with Crippen LogP contribution in [0.15, 0.2) is 36.9 Å². The Kier molecular flexibility index (Phi) is 18.2. The molecular formula is C53H65ClF8N16O4. The number of nitrogens with two attached hydrogens (primary N) is 1. The normalized spacial score (nSPS) is 16.5. The minimum Gasteiger partial charge on any atom is -0.444 e. The van der Waals surface area contributed by atoms with Crippen molar-refractivity contribution in [3.8, 4) is 0 Å². The summed E-state index contributed by atoms with van der Waals surface area (Å²) in [5, 5.41) is 6.25. The highest BCUT2D eigenvalue weighted by Gasteiger charge is 2.39. The van der Waals surface area contributed by atoms with Gasteiger partial charge in [-0.2, -0.15) is 36.3 Å². The third-order valence-corrected chi connectivity index (χ3v) is 14.5. The fraction of sp³-hybridized carbons (Fsp3) is 0.528. The number of ether oxygens (including phenoxy) is 1. The summed E-state index contributed by atoms with van der Waals surface area (Å²) in [6.45, 7) is 8.39. The molecule has 0 atom stereocenters. The monoisotopic (exact) mass is 1180 g/mol. The van der Waals surface area contributed by atoms with Gasteiger partial charge in [0.2, 0.25) is 11.2 Å². The largest absolute Gasteiger partial charge is 0.444 e. The van der Waals surface area contributed by atoms with Crippen LogP contribution in [0.4, 0.5) is 68.9 Å². The second kappa shape index (κ2) is 24.6. The number of piperazine rings is 2. The molecule has 29 heteroatoms. The van der Waals surface area contributed by atoms with Crippen LogP contribution in [-0.4, -0.2) is 158 Å². The fourth-order valence-corrected chi connectivity index (χ4v) is 10.5. The van der Waals surface area contributed by atoms with Crippen molar-refractivity contribution in [3.63, 3.8) is 0 Å². The summed E-state index contributed by atoms with van der Waals surface area (Å²) in [6.07, 6.45) is 2.75. The number of carbonyl (C=O) groups excluding carboxylic acids is 3. The van der Waals surface area contributed by atoms with E-state index in [2.05, 4.69) is 40.5 Å². The third kappa shape index (κ3) is 13.6. The zero-order valence-electron chi connectivity index (χ0n) is 46.4. The Bertz CT molecular complexity index is 3280. The number of hydrogen-bond acceptors (Lipinski definition) is 15. The number of fused-ring (bicyclic) bond motifs is 2. The summed E-state index contributed by atoms with van der Waals surface area (Å²) >= 11 is 5.85. The van der Waals surface area contributed by atoms with Gasteiger partial charge in [-0.05, 0) is 70.2 Å². The van der Waals surface area contributed by atoms with Crippen molar-refractivity contribution in [1.82, 2.24) is 59.1 Å². The molecule has 3 amide bonds. The Morgan fingerprint density at radius 3 is 1.61 bits per heavy atom. The number of nitrogens with one attached hydrogen (secondary N) is 2. The summed E-state index contributed by atoms with van der Waals surface area (Å²) < 4.78 is 120. The summed E-state index contributed by atoms with van der Waals surface area (Å²) in [5.74, 6) is -2.43. The van der Waals surface area contributed by atoms with E-state index in [1.807, 2.05) is 0 Å². The minimum absolute atomic E-state index is 0.0138. The van der Waals surface area contributed by atoms with E-state index < -0.39 is 52.7 Å². The average molecular weight is 1180 g/mol. The SMILES string of the molecule is CC(C)(C)OC(=O)N1CCN(c2cnc(N)cc2C(F)(F)F)CC1.CN(C)C(=O)c1c(F)c2cnc(Cl)nc2n1C1CCCC1.CN(C)C(=O)c1c(F)c2cnc(Nc3cc(C(F)(F)F)c(N4CCNCC4)cn3)nc2n1C1CCCC1. The number of hydrogen-bond donors (Lipinski definition) is 3. The van der Waals surface area contributed by atoms with Crippen molar-refractivity contribution in [2.75, 3.05) is 101 Å². The number of aromatic nitrogens is 8. The molecule has 0 spiro atoms. The number of alkyl halides is 6. The number of pyridine rings is 2. The van der Waals surface area contributed by atoms with Crippen LogP contribution in [0, 0.1) is 11.6 Å². The highest BCUT2D eigenvalue weighted by Crippen LogP contribution is 2.41. The van der Waals surface area contributed by atoms with E-state index in [9.17, 15) is 45.1 Å². The zero-order valence-corrected chi connectivity index (χ0v) is 47.1. The number of nitrogens with zero attached hydrogens (tertiary/aromatic N) is 13. The first-order chi connectivity index (χ1) is 38.6. The highest BCUT2D eigenvalue weighted by molar-refractivity contribution is 6.28. The Balaban J connectivity index is 0.000000170. The van der Waals surface area contributed by atoms with Gasteiger partial charge in [-0.15, -0.1) is 0 Å². The number of carbonyl (C=O) groups is 3. The molecule has 0 bridgehead atoms. The van der Waals surface area contributed by atoms with Crippen LogP contribution in [-0.2, 0) is 17.1 Å². The predicted molar refractivity (Wildman–Crippen MR) is 292 cm³/mol. The molecule has 2 aliphatic carbocycles. The summed E-state index contributed by atoms with van der Waals surface area (Å²) in [6, 6.07) is 1.74. The van der Waals surface area contributed by atoms with E-state index in [0.29, 0.717) is 31.8 Å². The number of halogens is 9. The minimum atomic E-state index is -4.59. The van der Waals surface area contributed by atoms with E-state index in [4.69, 9.17) is 22.1 Å². The van der Waals surface area contributed by atoms with Gasteiger partial charge in [-0.25, -0.2) is 33.5 Å². The number of nitrogen functional groups attached to an aromatic ring is 1. The lowest BCUT2D eigenvalue weighted by Crippen LogP contribution is -2.50. The molecule has 10 rings (SSSR count). The van der Waals surface area contributed by atoms with Crippen molar-refractivity contribution in [1.29, 1.82) is 0 Å². The molecule has 82 heavy (non-hydrogen) atoms. The van der Waals surface area contributed by atoms with Gasteiger partial charge in [-0.3, -0.25) is 9.59 Å². The van der Waals surface area contributed by atoms with Gasteiger partial charge in [0.1, 0.15) is 39.9 Å². The van der Waals surface area contributed by atoms with Crippen molar-refractivity contribution in [2.45, 2.75) is 102 Å². The smallest absolute Gasteiger partial charge is 0.418 e. The van der Waals surface area contributed by atoms with Crippen LogP contribution in [0.1, 0.15) is 116 Å². The first-order valence-corrected chi connectivity index (χ1v) is 27.1. The van der Waals surface area contributed by atoms with Crippen LogP contribution in [0.2, 0.25) is 5.28 Å². The van der Waals surface area contributed by atoms with Crippen molar-refractivity contribution < 1.29 is 54.2 Å². The Labute approximate surface area is 472 Å². The molecule has 444 valence electrons. The van der Waals surface area contributed by atoms with Crippen LogP contribution < -0.4 is 26.2 Å². The molecule has 2 saturated carbocycles. The van der Waals surface area contributed by atoms with Gasteiger partial charge in [0, 0.05) is 105 Å². The first kappa shape index (κ1) is 60.7. The third-order valence-electron chi connectivity index (χ3n) is 14.3. The van der Waals surface area contributed by atoms with E-state index >= 15 is 4.39 Å². The number of rotatable bonds is 8. The lowest BCUT2D eigenvalue weighted by Gasteiger charge is -2.37. The summed E-state index contributed by atoms with van der Waals surface area (Å²) in [7, 11) is 6.31. The van der Waals surface area contributed by atoms with Crippen LogP contribution >= 0.6 is 11.6 Å². The summed E-state index contributed by atoms with van der Waals surface area (Å²) in [5.41, 5.74) is 3.71. The highest BCUT2D eigenvalue weighted by atomic mass is 35.5. The fourth-order valence-electron chi connectivity index (χ4n) is 10.4. The van der Waals surface area contributed by atoms with Crippen molar-refractivity contribution in [2.24, 2.45) is 0 Å². The Morgan fingerprint density at radius 2 is 1.12 bits per heavy atom. The predicted octanol–water partition coefficient (Wildman–Crippen LogP) is 9.73. The molecule has 4 aliphatic rings. The molecule has 4 fully saturated rings. The molecule has 2 aliphatic heterocycles. The van der Waals surface area contributed by atoms with Crippen LogP contribution in [0.3, 0.4) is 0 Å². The Morgan fingerprint density at radius 1 is 0.659 bits per heavy atom. The molecule has 4 N–H and O–H groups in total. The molecular weight excluding hydrogens is 1110 g/mol. The number of amides is 3. The molecule has 6 aromatic heterocycles. The summed E-state index contributed by atoms with van der Waals surface area (Å²) in [4.78, 5) is 69.1. The van der Waals surface area contributed by atoms with Gasteiger partial charge >= 0.3 is 18.4 Å². The topological polar surface area (TPSA) is 214 Å². The van der Waals surface area contributed by atoms with E-state index in [1.165, 1.54) is 33.3 Å². The van der Waals surface area contributed by atoms with E-state index in [-0.39, 0.29) is 106 Å². The van der Waals surface area contributed by atoms with Gasteiger partial charge in [0.25, 0.3) is 11.8 Å². The standard InChI is InChI=1S/C24H28F4N8O.C15H21F3N4O2.C14H16ClFN4O/c1-34(2)22(37)20-19(25)15-12-31-23(33-21(15)36(20)14-5-3-4-6-14)32-18-11-16(24(26,27)28)17(13-30-18)35-9-7-29-8-10-35;1-14(2,3)24-13(23)22-6-4-21(5-7-22)11-9-20-12(19)8-10(11)15(16,17)18;1-19(2)13(21)11-10(16)9-7-17-14(15)18-12(9)20(11)8-5-3-4-6-8/h11-14,29H,3-10H2,1-2H3,(H,30,31,32,33);8-9H,4-7H2,1-3H3,(H2,19,20);7-8H,3-6H2,1-2H3. The molecule has 0 unspecified atom stereocenters. The second-order valence-corrected chi connectivity index (χ2v) is 22.0. The second-order valence-electron chi connectivity index (χ2n) is 21.7. The maximum absolute atomic E-state index is 15.4. The molecule has 2 saturated heterocycles. The van der Waals surface area contributed by atoms with Gasteiger partial charge < -0.3 is 54.7 Å². The van der Waals surface area contributed by atoms with Gasteiger partial charge in [0.05, 0.1) is 45.7 Å². The molecule has 8 heterocycles. The van der Waals surface area contributed by atoms with Crippen molar-refractivity contribution >= 4 is 80.5 Å². The first-order valence-electron chi connectivity index (χ1n) is 26.7. The van der Waals surface area contributed by atoms with E-state index in [0.717, 1.165) is 69.7 Å². The van der Waals surface area contributed by atoms with E-state index in [1.54, 1.807) is 67.9 Å².